The summed E-state index contributed by atoms with van der Waals surface area (Å²) in [5, 5.41) is 8.80. The van der Waals surface area contributed by atoms with E-state index in [0.29, 0.717) is 11.7 Å². The number of aliphatic hydroxyl groups excluding tert-OH is 1. The van der Waals surface area contributed by atoms with Crippen LogP contribution >= 0.6 is 0 Å². The molecule has 8 heavy (non-hydrogen) atoms. The second-order valence-electron chi connectivity index (χ2n) is 2.20. The van der Waals surface area contributed by atoms with Gasteiger partial charge < -0.3 is 5.11 Å². The van der Waals surface area contributed by atoms with E-state index in [2.05, 4.69) is 6.92 Å². The van der Waals surface area contributed by atoms with Crippen molar-refractivity contribution in [3.8, 4) is 0 Å². The second kappa shape index (κ2) is 2.03. The fraction of sp³-hybridized carbons (Fsp3) is 0.429. The van der Waals surface area contributed by atoms with Gasteiger partial charge in [0.25, 0.3) is 0 Å². The number of hydrogen-bond acceptors (Lipinski definition) is 1. The van der Waals surface area contributed by atoms with Gasteiger partial charge in [0.1, 0.15) is 5.76 Å². The molecular weight excluding hydrogens is 100 g/mol. The highest BCUT2D eigenvalue weighted by atomic mass is 16.3. The highest BCUT2D eigenvalue weighted by Crippen LogP contribution is 2.12. The minimum Gasteiger partial charge on any atom is -0.508 e. The van der Waals surface area contributed by atoms with Crippen LogP contribution in [0.2, 0.25) is 0 Å². The largest absolute Gasteiger partial charge is 0.508 e. The molecule has 1 nitrogen and oxygen atoms in total. The smallest absolute Gasteiger partial charge is 0.111 e. The van der Waals surface area contributed by atoms with Crippen molar-refractivity contribution in [2.75, 3.05) is 0 Å². The van der Waals surface area contributed by atoms with E-state index >= 15 is 0 Å². The van der Waals surface area contributed by atoms with Crippen LogP contribution in [0, 0.1) is 5.92 Å². The maximum atomic E-state index is 8.80. The number of aliphatic hydroxyl groups is 1. The highest BCUT2D eigenvalue weighted by Gasteiger charge is 1.99. The van der Waals surface area contributed by atoms with Gasteiger partial charge in [0.05, 0.1) is 0 Å². The Kier molecular flexibility index (Phi) is 1.38. The summed E-state index contributed by atoms with van der Waals surface area (Å²) in [6.07, 6.45) is 6.57. The van der Waals surface area contributed by atoms with Crippen LogP contribution in [0.4, 0.5) is 0 Å². The number of rotatable bonds is 0. The molecule has 0 saturated heterocycles. The summed E-state index contributed by atoms with van der Waals surface area (Å²) in [7, 11) is 0. The van der Waals surface area contributed by atoms with Crippen LogP contribution in [0.1, 0.15) is 13.3 Å². The van der Waals surface area contributed by atoms with Crippen molar-refractivity contribution in [2.45, 2.75) is 13.3 Å². The third-order valence-electron chi connectivity index (χ3n) is 1.29. The first kappa shape index (κ1) is 5.42. The Morgan fingerprint density at radius 2 is 2.50 bits per heavy atom. The molecule has 0 aromatic rings. The fourth-order valence-electron chi connectivity index (χ4n) is 0.716. The van der Waals surface area contributed by atoms with E-state index in [1.54, 1.807) is 6.08 Å². The Morgan fingerprint density at radius 1 is 1.75 bits per heavy atom. The van der Waals surface area contributed by atoms with Crippen molar-refractivity contribution in [1.82, 2.24) is 0 Å². The molecule has 1 atom stereocenters. The van der Waals surface area contributed by atoms with Gasteiger partial charge in [-0.2, -0.15) is 0 Å². The average molecular weight is 110 g/mol. The summed E-state index contributed by atoms with van der Waals surface area (Å²) in [5.41, 5.74) is 0. The van der Waals surface area contributed by atoms with Crippen LogP contribution in [0.15, 0.2) is 24.0 Å². The van der Waals surface area contributed by atoms with Gasteiger partial charge in [0.2, 0.25) is 0 Å². The van der Waals surface area contributed by atoms with Crippen molar-refractivity contribution >= 4 is 0 Å². The van der Waals surface area contributed by atoms with Gasteiger partial charge in [-0.05, 0) is 24.5 Å². The Labute approximate surface area is 49.3 Å². The zero-order valence-electron chi connectivity index (χ0n) is 4.96. The lowest BCUT2D eigenvalue weighted by molar-refractivity contribution is 0.422. The van der Waals surface area contributed by atoms with Crippen molar-refractivity contribution in [2.24, 2.45) is 5.92 Å². The molecule has 0 aliphatic heterocycles. The van der Waals surface area contributed by atoms with Crippen molar-refractivity contribution in [3.05, 3.63) is 24.0 Å². The molecule has 1 aliphatic carbocycles. The standard InChI is InChI=1S/C7H10O/c1-6-2-4-7(8)5-3-6/h2,4-6,8H,3H2,1H3. The van der Waals surface area contributed by atoms with Gasteiger partial charge in [-0.1, -0.05) is 13.0 Å². The molecular formula is C7H10O. The molecule has 0 amide bonds. The lowest BCUT2D eigenvalue weighted by Crippen LogP contribution is -1.92. The maximum absolute atomic E-state index is 8.80. The van der Waals surface area contributed by atoms with E-state index < -0.39 is 0 Å². The van der Waals surface area contributed by atoms with Gasteiger partial charge in [0, 0.05) is 0 Å². The lowest BCUT2D eigenvalue weighted by Gasteiger charge is -2.05. The lowest BCUT2D eigenvalue weighted by atomic mass is 10.0. The van der Waals surface area contributed by atoms with Crippen molar-refractivity contribution < 1.29 is 5.11 Å². The third-order valence-corrected chi connectivity index (χ3v) is 1.29. The average Bonchev–Trinajstić information content (AvgIpc) is 1.77. The minimum absolute atomic E-state index is 0.406. The quantitative estimate of drug-likeness (QED) is 0.505. The summed E-state index contributed by atoms with van der Waals surface area (Å²) in [4.78, 5) is 0. The summed E-state index contributed by atoms with van der Waals surface area (Å²) in [6, 6.07) is 0. The molecule has 0 fully saturated rings. The molecule has 1 rings (SSSR count). The van der Waals surface area contributed by atoms with E-state index in [4.69, 9.17) is 5.11 Å². The summed E-state index contributed by atoms with van der Waals surface area (Å²) < 4.78 is 0. The summed E-state index contributed by atoms with van der Waals surface area (Å²) in [5.74, 6) is 1.01. The van der Waals surface area contributed by atoms with Gasteiger partial charge in [-0.15, -0.1) is 0 Å². The Hall–Kier alpha value is -0.720. The maximum Gasteiger partial charge on any atom is 0.111 e. The molecule has 0 bridgehead atoms. The molecule has 1 aliphatic rings. The van der Waals surface area contributed by atoms with Gasteiger partial charge >= 0.3 is 0 Å². The minimum atomic E-state index is 0.406. The number of allylic oxidation sites excluding steroid dienone is 3. The predicted molar refractivity (Wildman–Crippen MR) is 33.6 cm³/mol. The molecule has 0 aromatic carbocycles. The molecule has 0 saturated carbocycles. The predicted octanol–water partition coefficient (Wildman–Crippen LogP) is 2.02. The number of hydrogen-bond donors (Lipinski definition) is 1. The van der Waals surface area contributed by atoms with E-state index in [0.717, 1.165) is 6.42 Å². The first-order valence-corrected chi connectivity index (χ1v) is 2.86. The monoisotopic (exact) mass is 110 g/mol. The Morgan fingerprint density at radius 3 is 2.88 bits per heavy atom. The van der Waals surface area contributed by atoms with Crippen molar-refractivity contribution in [1.29, 1.82) is 0 Å². The topological polar surface area (TPSA) is 20.2 Å². The fourth-order valence-corrected chi connectivity index (χ4v) is 0.716. The normalized spacial score (nSPS) is 27.6. The Balaban J connectivity index is 2.58. The first-order chi connectivity index (χ1) is 3.79. The van der Waals surface area contributed by atoms with Gasteiger partial charge in [0.15, 0.2) is 0 Å². The first-order valence-electron chi connectivity index (χ1n) is 2.86. The van der Waals surface area contributed by atoms with Crippen LogP contribution in [-0.2, 0) is 0 Å². The molecule has 0 aromatic heterocycles. The van der Waals surface area contributed by atoms with Gasteiger partial charge in [-0.3, -0.25) is 0 Å². The van der Waals surface area contributed by atoms with Crippen LogP contribution in [0.5, 0.6) is 0 Å². The van der Waals surface area contributed by atoms with Crippen molar-refractivity contribution in [3.63, 3.8) is 0 Å². The van der Waals surface area contributed by atoms with Crippen LogP contribution in [0.25, 0.3) is 0 Å². The van der Waals surface area contributed by atoms with Crippen LogP contribution in [-0.4, -0.2) is 5.11 Å². The molecule has 1 heteroatoms. The summed E-state index contributed by atoms with van der Waals surface area (Å²) in [6.45, 7) is 2.12. The molecule has 1 N–H and O–H groups in total. The van der Waals surface area contributed by atoms with E-state index in [1.807, 2.05) is 12.2 Å². The third kappa shape index (κ3) is 1.12. The second-order valence-corrected chi connectivity index (χ2v) is 2.20. The summed E-state index contributed by atoms with van der Waals surface area (Å²) >= 11 is 0. The molecule has 0 spiro atoms. The zero-order valence-corrected chi connectivity index (χ0v) is 4.96. The highest BCUT2D eigenvalue weighted by molar-refractivity contribution is 5.15. The van der Waals surface area contributed by atoms with E-state index in [-0.39, 0.29) is 0 Å². The molecule has 1 unspecified atom stereocenters. The Bertz CT molecular complexity index is 133. The van der Waals surface area contributed by atoms with Crippen LogP contribution in [0.3, 0.4) is 0 Å². The molecule has 0 radical (unpaired) electrons. The van der Waals surface area contributed by atoms with E-state index in [9.17, 15) is 0 Å². The van der Waals surface area contributed by atoms with Gasteiger partial charge in [-0.25, -0.2) is 0 Å². The van der Waals surface area contributed by atoms with E-state index in [1.165, 1.54) is 0 Å². The zero-order chi connectivity index (χ0) is 5.98. The molecule has 0 heterocycles. The SMILES string of the molecule is CC1C=CC(O)=CC1. The van der Waals surface area contributed by atoms with Crippen LogP contribution < -0.4 is 0 Å². The molecule has 44 valence electrons.